The number of hydrogen-bond donors (Lipinski definition) is 2. The lowest BCUT2D eigenvalue weighted by molar-refractivity contribution is -0.143. The van der Waals surface area contributed by atoms with E-state index in [0.29, 0.717) is 19.3 Å². The Bertz CT molecular complexity index is 238. The molecule has 0 spiro atoms. The van der Waals surface area contributed by atoms with Crippen LogP contribution in [-0.4, -0.2) is 34.0 Å². The van der Waals surface area contributed by atoms with Crippen LogP contribution in [0.15, 0.2) is 0 Å². The van der Waals surface area contributed by atoms with Crippen LogP contribution >= 0.6 is 11.8 Å². The first-order valence-corrected chi connectivity index (χ1v) is 5.88. The highest BCUT2D eigenvalue weighted by Crippen LogP contribution is 2.35. The van der Waals surface area contributed by atoms with E-state index in [4.69, 9.17) is 5.11 Å². The first-order valence-electron chi connectivity index (χ1n) is 4.73. The third-order valence-corrected chi connectivity index (χ3v) is 3.12. The van der Waals surface area contributed by atoms with Crippen molar-refractivity contribution in [2.45, 2.75) is 31.7 Å². The van der Waals surface area contributed by atoms with E-state index in [-0.39, 0.29) is 5.91 Å². The van der Waals surface area contributed by atoms with E-state index in [2.05, 4.69) is 5.32 Å². The molecule has 1 amide bonds. The Morgan fingerprint density at radius 1 is 1.50 bits per heavy atom. The largest absolute Gasteiger partial charge is 0.480 e. The van der Waals surface area contributed by atoms with Gasteiger partial charge in [0.1, 0.15) is 5.54 Å². The summed E-state index contributed by atoms with van der Waals surface area (Å²) in [6.07, 6.45) is 1.54. The molecule has 0 unspecified atom stereocenters. The predicted molar refractivity (Wildman–Crippen MR) is 55.4 cm³/mol. The second-order valence-electron chi connectivity index (χ2n) is 3.38. The van der Waals surface area contributed by atoms with Crippen molar-refractivity contribution >= 4 is 23.6 Å². The maximum Gasteiger partial charge on any atom is 0.329 e. The molecule has 0 atom stereocenters. The molecule has 4 nitrogen and oxygen atoms in total. The summed E-state index contributed by atoms with van der Waals surface area (Å²) < 4.78 is 0. The number of hydrogen-bond acceptors (Lipinski definition) is 3. The van der Waals surface area contributed by atoms with E-state index in [9.17, 15) is 9.59 Å². The zero-order valence-corrected chi connectivity index (χ0v) is 9.02. The number of carbonyl (C=O) groups is 2. The van der Waals surface area contributed by atoms with Crippen LogP contribution in [0, 0.1) is 0 Å². The maximum atomic E-state index is 11.3. The third kappa shape index (κ3) is 2.90. The van der Waals surface area contributed by atoms with Gasteiger partial charge < -0.3 is 10.4 Å². The van der Waals surface area contributed by atoms with Crippen LogP contribution in [0.25, 0.3) is 0 Å². The van der Waals surface area contributed by atoms with Gasteiger partial charge in [-0.1, -0.05) is 6.92 Å². The molecule has 1 aliphatic rings. The number of thioether (sulfide) groups is 1. The SMILES string of the molecule is CCSCCC(=O)NC1(C(=O)O)CC1. The van der Waals surface area contributed by atoms with Crippen molar-refractivity contribution in [1.29, 1.82) is 0 Å². The number of carboxylic acid groups (broad SMARTS) is 1. The summed E-state index contributed by atoms with van der Waals surface area (Å²) in [5, 5.41) is 11.4. The molecule has 1 fully saturated rings. The first-order chi connectivity index (χ1) is 6.60. The molecular weight excluding hydrogens is 202 g/mol. The summed E-state index contributed by atoms with van der Waals surface area (Å²) in [6.45, 7) is 2.03. The molecule has 14 heavy (non-hydrogen) atoms. The fourth-order valence-electron chi connectivity index (χ4n) is 1.16. The highest BCUT2D eigenvalue weighted by molar-refractivity contribution is 7.99. The van der Waals surface area contributed by atoms with Gasteiger partial charge in [0.2, 0.25) is 5.91 Å². The van der Waals surface area contributed by atoms with Gasteiger partial charge in [-0.05, 0) is 18.6 Å². The summed E-state index contributed by atoms with van der Waals surface area (Å²) >= 11 is 1.68. The highest BCUT2D eigenvalue weighted by Gasteiger charge is 2.51. The zero-order chi connectivity index (χ0) is 10.6. The number of amides is 1. The molecule has 5 heteroatoms. The molecule has 1 saturated carbocycles. The fourth-order valence-corrected chi connectivity index (χ4v) is 1.77. The van der Waals surface area contributed by atoms with Crippen LogP contribution in [0.1, 0.15) is 26.2 Å². The van der Waals surface area contributed by atoms with Gasteiger partial charge in [0.25, 0.3) is 0 Å². The number of carboxylic acids is 1. The van der Waals surface area contributed by atoms with Crippen LogP contribution in [0.4, 0.5) is 0 Å². The van der Waals surface area contributed by atoms with Gasteiger partial charge >= 0.3 is 5.97 Å². The Morgan fingerprint density at radius 2 is 2.14 bits per heavy atom. The smallest absolute Gasteiger partial charge is 0.329 e. The minimum Gasteiger partial charge on any atom is -0.480 e. The zero-order valence-electron chi connectivity index (χ0n) is 8.21. The Balaban J connectivity index is 2.24. The van der Waals surface area contributed by atoms with Crippen molar-refractivity contribution in [1.82, 2.24) is 5.32 Å². The van der Waals surface area contributed by atoms with Crippen LogP contribution < -0.4 is 5.32 Å². The summed E-state index contributed by atoms with van der Waals surface area (Å²) in [5.74, 6) is 0.690. The lowest BCUT2D eigenvalue weighted by Gasteiger charge is -2.11. The van der Waals surface area contributed by atoms with E-state index in [1.807, 2.05) is 6.92 Å². The van der Waals surface area contributed by atoms with Crippen LogP contribution in [0.2, 0.25) is 0 Å². The second kappa shape index (κ2) is 4.68. The van der Waals surface area contributed by atoms with E-state index in [1.54, 1.807) is 11.8 Å². The molecule has 0 bridgehead atoms. The van der Waals surface area contributed by atoms with Crippen LogP contribution in [0.3, 0.4) is 0 Å². The fraction of sp³-hybridized carbons (Fsp3) is 0.778. The minimum atomic E-state index is -0.923. The van der Waals surface area contributed by atoms with Crippen molar-refractivity contribution in [3.63, 3.8) is 0 Å². The van der Waals surface area contributed by atoms with Crippen LogP contribution in [0.5, 0.6) is 0 Å². The molecular formula is C9H15NO3S. The van der Waals surface area contributed by atoms with E-state index < -0.39 is 11.5 Å². The second-order valence-corrected chi connectivity index (χ2v) is 4.78. The van der Waals surface area contributed by atoms with E-state index in [1.165, 1.54) is 0 Å². The number of rotatable bonds is 6. The molecule has 2 N–H and O–H groups in total. The van der Waals surface area contributed by atoms with Crippen molar-refractivity contribution in [3.05, 3.63) is 0 Å². The van der Waals surface area contributed by atoms with Crippen molar-refractivity contribution < 1.29 is 14.7 Å². The van der Waals surface area contributed by atoms with Gasteiger partial charge in [-0.15, -0.1) is 0 Å². The average Bonchev–Trinajstić information content (AvgIpc) is 2.86. The summed E-state index contributed by atoms with van der Waals surface area (Å²) in [6, 6.07) is 0. The minimum absolute atomic E-state index is 0.147. The lowest BCUT2D eigenvalue weighted by atomic mass is 10.2. The molecule has 0 aromatic heterocycles. The Labute approximate surface area is 87.4 Å². The lowest BCUT2D eigenvalue weighted by Crippen LogP contribution is -2.43. The number of nitrogens with one attached hydrogen (secondary N) is 1. The number of aliphatic carboxylic acids is 1. The molecule has 0 heterocycles. The number of carbonyl (C=O) groups excluding carboxylic acids is 1. The topological polar surface area (TPSA) is 66.4 Å². The van der Waals surface area contributed by atoms with Gasteiger partial charge in [-0.3, -0.25) is 4.79 Å². The normalized spacial score (nSPS) is 17.5. The third-order valence-electron chi connectivity index (χ3n) is 2.22. The summed E-state index contributed by atoms with van der Waals surface area (Å²) in [4.78, 5) is 22.0. The van der Waals surface area contributed by atoms with Crippen molar-refractivity contribution in [3.8, 4) is 0 Å². The summed E-state index contributed by atoms with van der Waals surface area (Å²) in [7, 11) is 0. The Hall–Kier alpha value is -0.710. The molecule has 1 rings (SSSR count). The molecule has 0 aromatic carbocycles. The van der Waals surface area contributed by atoms with Crippen molar-refractivity contribution in [2.75, 3.05) is 11.5 Å². The first kappa shape index (κ1) is 11.4. The molecule has 0 radical (unpaired) electrons. The van der Waals surface area contributed by atoms with E-state index in [0.717, 1.165) is 11.5 Å². The van der Waals surface area contributed by atoms with Gasteiger partial charge in [0.15, 0.2) is 0 Å². The van der Waals surface area contributed by atoms with E-state index >= 15 is 0 Å². The van der Waals surface area contributed by atoms with Crippen molar-refractivity contribution in [2.24, 2.45) is 0 Å². The quantitative estimate of drug-likeness (QED) is 0.648. The van der Waals surface area contributed by atoms with Gasteiger partial charge in [-0.25, -0.2) is 4.79 Å². The Morgan fingerprint density at radius 3 is 2.57 bits per heavy atom. The van der Waals surface area contributed by atoms with Gasteiger partial charge in [0.05, 0.1) is 0 Å². The monoisotopic (exact) mass is 217 g/mol. The van der Waals surface area contributed by atoms with Gasteiger partial charge in [-0.2, -0.15) is 11.8 Å². The maximum absolute atomic E-state index is 11.3. The molecule has 80 valence electrons. The average molecular weight is 217 g/mol. The molecule has 1 aliphatic carbocycles. The highest BCUT2D eigenvalue weighted by atomic mass is 32.2. The predicted octanol–water partition coefficient (Wildman–Crippen LogP) is 0.863. The molecule has 0 saturated heterocycles. The standard InChI is InChI=1S/C9H15NO3S/c1-2-14-6-3-7(11)10-9(4-5-9)8(12)13/h2-6H2,1H3,(H,10,11)(H,12,13). The molecule has 0 aliphatic heterocycles. The molecule has 0 aromatic rings. The summed E-state index contributed by atoms with van der Waals surface area (Å²) in [5.41, 5.74) is -0.923. The van der Waals surface area contributed by atoms with Crippen LogP contribution in [-0.2, 0) is 9.59 Å². The van der Waals surface area contributed by atoms with Gasteiger partial charge in [0, 0.05) is 12.2 Å². The Kier molecular flexibility index (Phi) is 3.80.